The number of furan rings is 1. The molecule has 1 amide bonds. The highest BCUT2D eigenvalue weighted by molar-refractivity contribution is 6.03. The number of nitrogens with two attached hydrogens (primary N) is 1. The number of aromatic nitrogens is 2. The average molecular weight is 418 g/mol. The molecule has 10 heteroatoms. The van der Waals surface area contributed by atoms with Crippen molar-refractivity contribution >= 4 is 11.9 Å². The number of carbonyl (C=O) groups is 1. The minimum atomic E-state index is -4.83. The molecule has 1 atom stereocenters. The first-order valence-electron chi connectivity index (χ1n) is 8.99. The van der Waals surface area contributed by atoms with Crippen LogP contribution in [-0.2, 0) is 6.42 Å². The standard InChI is InChI=1S/C20H17F3N4O3/c1-10-7-8-14(29-10)17-15-16(25-19(24)26-17)12(27(2)18(15)28)9-11-5-3-4-6-13(11)30-20(21,22)23/h3-8,12H,9H2,1-2H3,(H2,24,25,26). The van der Waals surface area contributed by atoms with Crippen LogP contribution < -0.4 is 10.5 Å². The summed E-state index contributed by atoms with van der Waals surface area (Å²) in [5.41, 5.74) is 6.96. The summed E-state index contributed by atoms with van der Waals surface area (Å²) in [6.45, 7) is 1.75. The van der Waals surface area contributed by atoms with Crippen molar-refractivity contribution in [1.82, 2.24) is 14.9 Å². The van der Waals surface area contributed by atoms with Crippen LogP contribution in [0.5, 0.6) is 5.75 Å². The molecule has 1 aliphatic rings. The first-order chi connectivity index (χ1) is 14.1. The Morgan fingerprint density at radius 2 is 1.93 bits per heavy atom. The molecule has 2 aromatic heterocycles. The lowest BCUT2D eigenvalue weighted by Crippen LogP contribution is -2.25. The molecule has 0 aliphatic carbocycles. The number of hydrogen-bond donors (Lipinski definition) is 1. The highest BCUT2D eigenvalue weighted by Crippen LogP contribution is 2.40. The predicted octanol–water partition coefficient (Wildman–Crippen LogP) is 3.90. The number of likely N-dealkylation sites (N-methyl/N-ethyl adjacent to an activating group) is 1. The van der Waals surface area contributed by atoms with E-state index < -0.39 is 12.4 Å². The number of halogens is 3. The minimum Gasteiger partial charge on any atom is -0.460 e. The number of nitrogens with zero attached hydrogens (tertiary/aromatic N) is 3. The van der Waals surface area contributed by atoms with E-state index in [4.69, 9.17) is 10.2 Å². The van der Waals surface area contributed by atoms with Crippen LogP contribution in [0.3, 0.4) is 0 Å². The van der Waals surface area contributed by atoms with Gasteiger partial charge >= 0.3 is 6.36 Å². The first kappa shape index (κ1) is 19.7. The number of para-hydroxylation sites is 1. The molecule has 1 unspecified atom stereocenters. The number of anilines is 1. The van der Waals surface area contributed by atoms with Crippen LogP contribution in [-0.4, -0.2) is 34.2 Å². The van der Waals surface area contributed by atoms with E-state index in [0.717, 1.165) is 0 Å². The van der Waals surface area contributed by atoms with Gasteiger partial charge in [-0.1, -0.05) is 18.2 Å². The highest BCUT2D eigenvalue weighted by Gasteiger charge is 2.40. The number of nitrogen functional groups attached to an aromatic ring is 1. The maximum absolute atomic E-state index is 13.0. The smallest absolute Gasteiger partial charge is 0.460 e. The number of aryl methyl sites for hydroxylation is 1. The fraction of sp³-hybridized carbons (Fsp3) is 0.250. The van der Waals surface area contributed by atoms with Gasteiger partial charge in [0.2, 0.25) is 5.95 Å². The summed E-state index contributed by atoms with van der Waals surface area (Å²) in [6, 6.07) is 8.53. The lowest BCUT2D eigenvalue weighted by molar-refractivity contribution is -0.274. The molecule has 0 radical (unpaired) electrons. The number of carbonyl (C=O) groups excluding carboxylic acids is 1. The van der Waals surface area contributed by atoms with Gasteiger partial charge in [0.1, 0.15) is 17.2 Å². The van der Waals surface area contributed by atoms with Gasteiger partial charge in [-0.05, 0) is 30.7 Å². The van der Waals surface area contributed by atoms with Crippen LogP contribution in [0.2, 0.25) is 0 Å². The third-order valence-electron chi connectivity index (χ3n) is 4.86. The number of rotatable bonds is 4. The Hall–Kier alpha value is -3.56. The molecule has 4 rings (SSSR count). The SMILES string of the molecule is Cc1ccc(-c2nc(N)nc3c2C(=O)N(C)C3Cc2ccccc2OC(F)(F)F)o1. The van der Waals surface area contributed by atoms with Crippen molar-refractivity contribution in [2.75, 3.05) is 12.8 Å². The molecule has 3 heterocycles. The Morgan fingerprint density at radius 3 is 2.60 bits per heavy atom. The van der Waals surface area contributed by atoms with Gasteiger partial charge in [0, 0.05) is 13.5 Å². The Labute approximate surface area is 169 Å². The number of hydrogen-bond acceptors (Lipinski definition) is 6. The molecule has 156 valence electrons. The Bertz CT molecular complexity index is 1130. The zero-order chi connectivity index (χ0) is 21.6. The monoisotopic (exact) mass is 418 g/mol. The predicted molar refractivity (Wildman–Crippen MR) is 101 cm³/mol. The molecular weight excluding hydrogens is 401 g/mol. The molecule has 30 heavy (non-hydrogen) atoms. The lowest BCUT2D eigenvalue weighted by atomic mass is 10.0. The van der Waals surface area contributed by atoms with E-state index in [0.29, 0.717) is 17.2 Å². The summed E-state index contributed by atoms with van der Waals surface area (Å²) in [4.78, 5) is 22.8. The van der Waals surface area contributed by atoms with Gasteiger partial charge in [0.15, 0.2) is 5.76 Å². The van der Waals surface area contributed by atoms with Gasteiger partial charge in [-0.25, -0.2) is 9.97 Å². The Morgan fingerprint density at radius 1 is 1.20 bits per heavy atom. The highest BCUT2D eigenvalue weighted by atomic mass is 19.4. The van der Waals surface area contributed by atoms with Gasteiger partial charge in [0.05, 0.1) is 17.3 Å². The number of ether oxygens (including phenoxy) is 1. The van der Waals surface area contributed by atoms with Crippen LogP contribution in [0.15, 0.2) is 40.8 Å². The van der Waals surface area contributed by atoms with E-state index in [1.165, 1.54) is 23.1 Å². The molecule has 1 aromatic carbocycles. The molecule has 3 aromatic rings. The van der Waals surface area contributed by atoms with E-state index in [1.54, 1.807) is 32.2 Å². The summed E-state index contributed by atoms with van der Waals surface area (Å²) < 4.78 is 48.1. The summed E-state index contributed by atoms with van der Waals surface area (Å²) in [5.74, 6) is 0.229. The largest absolute Gasteiger partial charge is 0.573 e. The van der Waals surface area contributed by atoms with E-state index in [9.17, 15) is 18.0 Å². The van der Waals surface area contributed by atoms with Crippen molar-refractivity contribution in [1.29, 1.82) is 0 Å². The number of alkyl halides is 3. The van der Waals surface area contributed by atoms with Crippen molar-refractivity contribution in [3.63, 3.8) is 0 Å². The second kappa shape index (κ2) is 7.05. The quantitative estimate of drug-likeness (QED) is 0.691. The molecule has 0 spiro atoms. The number of benzene rings is 1. The maximum atomic E-state index is 13.0. The molecule has 0 fully saturated rings. The Kier molecular flexibility index (Phi) is 4.64. The maximum Gasteiger partial charge on any atom is 0.573 e. The minimum absolute atomic E-state index is 0.0502. The summed E-state index contributed by atoms with van der Waals surface area (Å²) in [6.07, 6.45) is -4.78. The fourth-order valence-electron chi connectivity index (χ4n) is 3.53. The van der Waals surface area contributed by atoms with Crippen molar-refractivity contribution in [3.8, 4) is 17.2 Å². The third kappa shape index (κ3) is 3.56. The van der Waals surface area contributed by atoms with Gasteiger partial charge in [0.25, 0.3) is 5.91 Å². The Balaban J connectivity index is 1.78. The molecule has 0 saturated heterocycles. The first-order valence-corrected chi connectivity index (χ1v) is 8.99. The lowest BCUT2D eigenvalue weighted by Gasteiger charge is -2.21. The van der Waals surface area contributed by atoms with Gasteiger partial charge in [-0.15, -0.1) is 13.2 Å². The second-order valence-corrected chi connectivity index (χ2v) is 6.89. The van der Waals surface area contributed by atoms with Crippen molar-refractivity contribution in [2.45, 2.75) is 25.7 Å². The molecule has 0 bridgehead atoms. The normalized spacial score (nSPS) is 16.1. The topological polar surface area (TPSA) is 94.5 Å². The summed E-state index contributed by atoms with van der Waals surface area (Å²) >= 11 is 0. The van der Waals surface area contributed by atoms with Crippen LogP contribution in [0.1, 0.15) is 33.4 Å². The van der Waals surface area contributed by atoms with E-state index in [2.05, 4.69) is 14.7 Å². The van der Waals surface area contributed by atoms with Crippen LogP contribution in [0, 0.1) is 6.92 Å². The molecule has 0 saturated carbocycles. The molecule has 1 aliphatic heterocycles. The van der Waals surface area contributed by atoms with Crippen LogP contribution in [0.25, 0.3) is 11.5 Å². The van der Waals surface area contributed by atoms with E-state index in [-0.39, 0.29) is 40.8 Å². The number of fused-ring (bicyclic) bond motifs is 1. The average Bonchev–Trinajstić information content (AvgIpc) is 3.19. The fourth-order valence-corrected chi connectivity index (χ4v) is 3.53. The summed E-state index contributed by atoms with van der Waals surface area (Å²) in [5, 5.41) is 0. The molecule has 2 N–H and O–H groups in total. The van der Waals surface area contributed by atoms with Crippen molar-refractivity contribution in [2.24, 2.45) is 0 Å². The van der Waals surface area contributed by atoms with Gasteiger partial charge in [-0.2, -0.15) is 0 Å². The molecular formula is C20H17F3N4O3. The third-order valence-corrected chi connectivity index (χ3v) is 4.86. The van der Waals surface area contributed by atoms with E-state index in [1.807, 2.05) is 0 Å². The van der Waals surface area contributed by atoms with E-state index >= 15 is 0 Å². The zero-order valence-electron chi connectivity index (χ0n) is 16.0. The van der Waals surface area contributed by atoms with Crippen molar-refractivity contribution < 1.29 is 27.1 Å². The van der Waals surface area contributed by atoms with Crippen LogP contribution in [0.4, 0.5) is 19.1 Å². The van der Waals surface area contributed by atoms with Crippen molar-refractivity contribution in [3.05, 3.63) is 59.0 Å². The summed E-state index contributed by atoms with van der Waals surface area (Å²) in [7, 11) is 1.55. The van der Waals surface area contributed by atoms with Gasteiger partial charge < -0.3 is 19.8 Å². The zero-order valence-corrected chi connectivity index (χ0v) is 16.0. The van der Waals surface area contributed by atoms with Gasteiger partial charge in [-0.3, -0.25) is 4.79 Å². The molecule has 7 nitrogen and oxygen atoms in total. The second-order valence-electron chi connectivity index (χ2n) is 6.89. The van der Waals surface area contributed by atoms with Crippen LogP contribution >= 0.6 is 0 Å². The number of amides is 1.